The smallest absolute Gasteiger partial charge is 0.247 e. The van der Waals surface area contributed by atoms with Crippen LogP contribution in [0.4, 0.5) is 11.6 Å². The maximum absolute atomic E-state index is 14.8. The van der Waals surface area contributed by atoms with Gasteiger partial charge in [0.2, 0.25) is 20.0 Å². The Bertz CT molecular complexity index is 3140. The normalized spacial score (nSPS) is 16.1. The summed E-state index contributed by atoms with van der Waals surface area (Å²) in [6.45, 7) is 2.47. The number of piperidine rings is 2. The average Bonchev–Trinajstić information content (AvgIpc) is 3.35. The Morgan fingerprint density at radius 1 is 0.515 bits per heavy atom. The number of benzene rings is 4. The molecule has 2 aliphatic rings. The van der Waals surface area contributed by atoms with Crippen molar-refractivity contribution >= 4 is 63.3 Å². The van der Waals surface area contributed by atoms with Crippen LogP contribution in [0, 0.1) is 0 Å². The molecule has 8 rings (SSSR count). The minimum Gasteiger partial charge on any atom is -0.247 e. The molecule has 2 aromatic heterocycles. The Kier molecular flexibility index (Phi) is 15.1. The quantitative estimate of drug-likeness (QED) is 0.0872. The highest BCUT2D eigenvalue weighted by Crippen LogP contribution is 2.35. The second-order valence-electron chi connectivity index (χ2n) is 16.8. The van der Waals surface area contributed by atoms with E-state index in [-0.39, 0.29) is 88.1 Å². The predicted octanol–water partition coefficient (Wildman–Crippen LogP) is 7.96. The standard InChI is InChI=1S/C49H53ClN6O8S4/c1-2-38-20-24-43(25-21-38)65(57,58)53-34-28-41(29-35-53)55(48-18-7-9-32-51-48)67(61,62)46-16-5-3-13-40(46)14-11-12-39-22-26-44(27-23-39)66(59,60)54-36-30-42(31-37-54)56(49-19-8-10-33-52-49)68(63,64)47-17-6-4-15-45(47)50/h3-10,13,15-27,32-33,41-42H,2,11-12,14,28-31,34-37H2,1H3. The van der Waals surface area contributed by atoms with Crippen molar-refractivity contribution < 1.29 is 33.7 Å². The molecule has 0 spiro atoms. The Balaban J connectivity index is 0.917. The van der Waals surface area contributed by atoms with Crippen molar-refractivity contribution in [1.82, 2.24) is 18.6 Å². The fourth-order valence-electron chi connectivity index (χ4n) is 8.95. The van der Waals surface area contributed by atoms with Crippen LogP contribution in [0.25, 0.3) is 0 Å². The van der Waals surface area contributed by atoms with Gasteiger partial charge < -0.3 is 0 Å². The van der Waals surface area contributed by atoms with Crippen molar-refractivity contribution in [3.8, 4) is 0 Å². The Labute approximate surface area is 405 Å². The van der Waals surface area contributed by atoms with Gasteiger partial charge in [-0.15, -0.1) is 0 Å². The molecule has 2 aliphatic heterocycles. The van der Waals surface area contributed by atoms with E-state index >= 15 is 0 Å². The number of rotatable bonds is 17. The summed E-state index contributed by atoms with van der Waals surface area (Å²) >= 11 is 6.35. The van der Waals surface area contributed by atoms with E-state index in [0.29, 0.717) is 24.8 Å². The zero-order valence-electron chi connectivity index (χ0n) is 37.5. The first-order valence-corrected chi connectivity index (χ1v) is 28.7. The maximum atomic E-state index is 14.8. The van der Waals surface area contributed by atoms with E-state index < -0.39 is 52.2 Å². The molecule has 2 fully saturated rings. The second-order valence-corrected chi connectivity index (χ2v) is 24.6. The molecule has 4 aromatic carbocycles. The molecule has 0 saturated carbocycles. The lowest BCUT2D eigenvalue weighted by atomic mass is 10.0. The molecule has 6 aromatic rings. The van der Waals surface area contributed by atoms with Crippen LogP contribution in [0.3, 0.4) is 0 Å². The van der Waals surface area contributed by atoms with E-state index in [9.17, 15) is 33.7 Å². The third-order valence-electron chi connectivity index (χ3n) is 12.6. The monoisotopic (exact) mass is 1020 g/mol. The first kappa shape index (κ1) is 49.2. The minimum atomic E-state index is -4.18. The molecule has 0 atom stereocenters. The Hall–Kier alpha value is -5.21. The van der Waals surface area contributed by atoms with E-state index in [2.05, 4.69) is 9.97 Å². The summed E-state index contributed by atoms with van der Waals surface area (Å²) < 4.78 is 118. The maximum Gasteiger partial charge on any atom is 0.267 e. The summed E-state index contributed by atoms with van der Waals surface area (Å²) in [7, 11) is -16.0. The molecule has 0 bridgehead atoms. The topological polar surface area (TPSA) is 175 Å². The van der Waals surface area contributed by atoms with Crippen LogP contribution >= 0.6 is 11.6 Å². The van der Waals surface area contributed by atoms with E-state index in [0.717, 1.165) is 17.5 Å². The van der Waals surface area contributed by atoms with Gasteiger partial charge in [-0.05, 0) is 135 Å². The number of hydrogen-bond acceptors (Lipinski definition) is 10. The zero-order valence-corrected chi connectivity index (χ0v) is 41.5. The van der Waals surface area contributed by atoms with Crippen LogP contribution < -0.4 is 8.61 Å². The number of sulfonamides is 4. The highest BCUT2D eigenvalue weighted by molar-refractivity contribution is 7.93. The van der Waals surface area contributed by atoms with Gasteiger partial charge in [0.05, 0.1) is 19.7 Å². The Morgan fingerprint density at radius 3 is 1.40 bits per heavy atom. The third-order valence-corrected chi connectivity index (χ3v) is 20.7. The van der Waals surface area contributed by atoms with E-state index in [1.165, 1.54) is 35.6 Å². The number of halogens is 1. The molecule has 0 radical (unpaired) electrons. The summed E-state index contributed by atoms with van der Waals surface area (Å²) in [6.07, 6.45) is 6.36. The number of nitrogens with zero attached hydrogens (tertiary/aromatic N) is 6. The van der Waals surface area contributed by atoms with E-state index in [1.54, 1.807) is 115 Å². The van der Waals surface area contributed by atoms with Gasteiger partial charge in [-0.3, -0.25) is 0 Å². The van der Waals surface area contributed by atoms with Gasteiger partial charge in [-0.1, -0.05) is 85.3 Å². The molecule has 358 valence electrons. The number of pyridine rings is 2. The van der Waals surface area contributed by atoms with Crippen LogP contribution in [0.15, 0.2) is 165 Å². The summed E-state index contributed by atoms with van der Waals surface area (Å²) in [5, 5.41) is 0.0775. The first-order chi connectivity index (χ1) is 32.6. The molecule has 14 nitrogen and oxygen atoms in total. The third kappa shape index (κ3) is 10.4. The highest BCUT2D eigenvalue weighted by Gasteiger charge is 2.40. The molecular weight excluding hydrogens is 964 g/mol. The van der Waals surface area contributed by atoms with Crippen molar-refractivity contribution in [2.24, 2.45) is 0 Å². The molecule has 19 heteroatoms. The minimum absolute atomic E-state index is 0.0571. The zero-order chi connectivity index (χ0) is 48.1. The van der Waals surface area contributed by atoms with E-state index in [1.807, 2.05) is 19.1 Å². The molecule has 2 saturated heterocycles. The van der Waals surface area contributed by atoms with Gasteiger partial charge in [0.15, 0.2) is 0 Å². The average molecular weight is 1020 g/mol. The van der Waals surface area contributed by atoms with Gasteiger partial charge in [0.25, 0.3) is 20.0 Å². The Morgan fingerprint density at radius 2 is 0.941 bits per heavy atom. The molecule has 0 unspecified atom stereocenters. The van der Waals surface area contributed by atoms with Gasteiger partial charge in [-0.2, -0.15) is 8.61 Å². The predicted molar refractivity (Wildman–Crippen MR) is 264 cm³/mol. The van der Waals surface area contributed by atoms with Crippen molar-refractivity contribution in [2.45, 2.75) is 90.0 Å². The van der Waals surface area contributed by atoms with Crippen LogP contribution in [0.5, 0.6) is 0 Å². The molecular formula is C49H53ClN6O8S4. The lowest BCUT2D eigenvalue weighted by Crippen LogP contribution is -2.49. The highest BCUT2D eigenvalue weighted by atomic mass is 35.5. The lowest BCUT2D eigenvalue weighted by Gasteiger charge is -2.38. The second kappa shape index (κ2) is 20.8. The number of hydrogen-bond donors (Lipinski definition) is 0. The lowest BCUT2D eigenvalue weighted by molar-refractivity contribution is 0.320. The van der Waals surface area contributed by atoms with Crippen LogP contribution in [-0.4, -0.2) is 90.5 Å². The largest absolute Gasteiger partial charge is 0.267 e. The first-order valence-electron chi connectivity index (χ1n) is 22.5. The van der Waals surface area contributed by atoms with Crippen LogP contribution in [-0.2, 0) is 59.4 Å². The number of anilines is 2. The van der Waals surface area contributed by atoms with Crippen LogP contribution in [0.1, 0.15) is 55.7 Å². The number of aromatic nitrogens is 2. The van der Waals surface area contributed by atoms with Crippen molar-refractivity contribution in [3.05, 3.63) is 168 Å². The fraction of sp³-hybridized carbons (Fsp3) is 0.306. The molecule has 0 amide bonds. The summed E-state index contributed by atoms with van der Waals surface area (Å²) in [6, 6.07) is 35.6. The van der Waals surface area contributed by atoms with Crippen molar-refractivity contribution in [3.63, 3.8) is 0 Å². The van der Waals surface area contributed by atoms with E-state index in [4.69, 9.17) is 11.6 Å². The van der Waals surface area contributed by atoms with Gasteiger partial charge >= 0.3 is 0 Å². The van der Waals surface area contributed by atoms with Crippen molar-refractivity contribution in [1.29, 1.82) is 0 Å². The van der Waals surface area contributed by atoms with Gasteiger partial charge in [-0.25, -0.2) is 52.2 Å². The van der Waals surface area contributed by atoms with Gasteiger partial charge in [0, 0.05) is 50.7 Å². The summed E-state index contributed by atoms with van der Waals surface area (Å²) in [5.74, 6) is 0.476. The molecule has 0 aliphatic carbocycles. The van der Waals surface area contributed by atoms with Crippen molar-refractivity contribution in [2.75, 3.05) is 34.8 Å². The fourth-order valence-corrected chi connectivity index (χ4v) is 16.0. The van der Waals surface area contributed by atoms with Crippen LogP contribution in [0.2, 0.25) is 5.02 Å². The van der Waals surface area contributed by atoms with Gasteiger partial charge in [0.1, 0.15) is 16.5 Å². The SMILES string of the molecule is CCc1ccc(S(=O)(=O)N2CCC(N(c3ccccn3)S(=O)(=O)c3ccccc3CCCc3ccc(S(=O)(=O)N4CCC(N(c5ccccn5)S(=O)(=O)c5ccccc5Cl)CC4)cc3)CC2)cc1. The molecule has 68 heavy (non-hydrogen) atoms. The summed E-state index contributed by atoms with van der Waals surface area (Å²) in [4.78, 5) is 9.19. The molecule has 0 N–H and O–H groups in total. The molecule has 4 heterocycles. The summed E-state index contributed by atoms with van der Waals surface area (Å²) in [5.41, 5.74) is 2.52. The number of aryl methyl sites for hydroxylation is 3.